The Hall–Kier alpha value is 0.220. The van der Waals surface area contributed by atoms with E-state index in [-0.39, 0.29) is 0 Å². The molecule has 2 nitrogen and oxygen atoms in total. The molecule has 0 bridgehead atoms. The Labute approximate surface area is 70.1 Å². The molecule has 0 fully saturated rings. The summed E-state index contributed by atoms with van der Waals surface area (Å²) < 4.78 is 4.63. The quantitative estimate of drug-likeness (QED) is 0.509. The Morgan fingerprint density at radius 2 is 2.00 bits per heavy atom. The molecule has 0 aliphatic carbocycles. The van der Waals surface area contributed by atoms with Crippen LogP contribution in [0.15, 0.2) is 12.2 Å². The van der Waals surface area contributed by atoms with Crippen LogP contribution in [0.3, 0.4) is 0 Å². The van der Waals surface area contributed by atoms with E-state index in [1.807, 2.05) is 0 Å². The van der Waals surface area contributed by atoms with Gasteiger partial charge >= 0.3 is 69.7 Å². The molecule has 0 heterocycles. The van der Waals surface area contributed by atoms with Crippen LogP contribution in [-0.2, 0) is 9.32 Å². The number of rotatable bonds is 2. The van der Waals surface area contributed by atoms with Crippen molar-refractivity contribution in [2.75, 3.05) is 6.66 Å². The number of carbonyl (C=O) groups is 1. The van der Waals surface area contributed by atoms with Crippen LogP contribution in [0.2, 0.25) is 0 Å². The average molecular weight is 203 g/mol. The van der Waals surface area contributed by atoms with Crippen molar-refractivity contribution in [2.24, 2.45) is 0 Å². The van der Waals surface area contributed by atoms with E-state index in [2.05, 4.69) is 11.1 Å². The van der Waals surface area contributed by atoms with E-state index < -0.39 is 12.2 Å². The van der Waals surface area contributed by atoms with Crippen molar-refractivity contribution in [3.05, 3.63) is 12.2 Å². The Morgan fingerprint density at radius 3 is 2.10 bits per heavy atom. The van der Waals surface area contributed by atoms with Gasteiger partial charge in [-0.05, 0) is 0 Å². The van der Waals surface area contributed by atoms with Gasteiger partial charge in [-0.25, -0.2) is 0 Å². The van der Waals surface area contributed by atoms with Crippen LogP contribution in [-0.4, -0.2) is 12.6 Å². The molecule has 0 aromatic carbocycles. The van der Waals surface area contributed by atoms with Crippen molar-refractivity contribution in [2.45, 2.75) is 6.92 Å². The van der Waals surface area contributed by atoms with Crippen LogP contribution in [0, 0.1) is 0 Å². The van der Waals surface area contributed by atoms with Crippen molar-refractivity contribution in [1.29, 1.82) is 0 Å². The summed E-state index contributed by atoms with van der Waals surface area (Å²) in [7, 11) is 0. The first kappa shape index (κ1) is 10.2. The van der Waals surface area contributed by atoms with Gasteiger partial charge in [-0.3, -0.25) is 0 Å². The number of halogens is 2. The molecule has 5 heteroatoms. The zero-order chi connectivity index (χ0) is 8.36. The maximum absolute atomic E-state index is 10.7. The molecule has 0 rings (SSSR count). The molecule has 0 unspecified atom stereocenters. The maximum atomic E-state index is 10.7. The van der Waals surface area contributed by atoms with Crippen molar-refractivity contribution in [3.63, 3.8) is 0 Å². The van der Waals surface area contributed by atoms with Crippen LogP contribution in [0.5, 0.6) is 0 Å². The Morgan fingerprint density at radius 1 is 1.60 bits per heavy atom. The topological polar surface area (TPSA) is 26.3 Å². The second kappa shape index (κ2) is 3.56. The van der Waals surface area contributed by atoms with Crippen LogP contribution in [0.25, 0.3) is 0 Å². The number of carbonyl (C=O) groups excluding carboxylic acids is 1. The fraction of sp³-hybridized carbons (Fsp3) is 0.400. The van der Waals surface area contributed by atoms with E-state index >= 15 is 0 Å². The standard InChI is InChI=1S/C5H9Cl2O2P/c1-4(2)5(8)9-10(3,6)7/h10H,1H2,2-3H3. The third kappa shape index (κ3) is 5.04. The Bertz CT molecular complexity index is 162. The Balaban J connectivity index is 3.93. The van der Waals surface area contributed by atoms with E-state index in [9.17, 15) is 4.79 Å². The molecule has 10 heavy (non-hydrogen) atoms. The molecule has 0 aliphatic rings. The number of hydrogen-bond acceptors (Lipinski definition) is 2. The van der Waals surface area contributed by atoms with Gasteiger partial charge in [0, 0.05) is 0 Å². The molecule has 0 saturated heterocycles. The molecule has 0 spiro atoms. The molecule has 60 valence electrons. The molecule has 0 saturated carbocycles. The third-order valence-corrected chi connectivity index (χ3v) is 1.63. The fourth-order valence-electron chi connectivity index (χ4n) is 0.250. The van der Waals surface area contributed by atoms with Gasteiger partial charge in [-0.2, -0.15) is 0 Å². The van der Waals surface area contributed by atoms with Crippen molar-refractivity contribution in [1.82, 2.24) is 0 Å². The summed E-state index contributed by atoms with van der Waals surface area (Å²) in [6.07, 6.45) is -2.75. The molecule has 0 atom stereocenters. The molecular weight excluding hydrogens is 194 g/mol. The van der Waals surface area contributed by atoms with Crippen LogP contribution in [0.1, 0.15) is 6.92 Å². The molecule has 0 radical (unpaired) electrons. The molecule has 0 amide bonds. The average Bonchev–Trinajstić information content (AvgIpc) is 1.60. The van der Waals surface area contributed by atoms with E-state index in [1.54, 1.807) is 0 Å². The molecule has 0 aromatic heterocycles. The van der Waals surface area contributed by atoms with Gasteiger partial charge in [-0.15, -0.1) is 0 Å². The van der Waals surface area contributed by atoms with E-state index in [0.29, 0.717) is 5.57 Å². The minimum atomic E-state index is -2.75. The molecular formula is C5H9Cl2O2P. The zero-order valence-corrected chi connectivity index (χ0v) is 8.29. The van der Waals surface area contributed by atoms with Crippen molar-refractivity contribution < 1.29 is 9.32 Å². The van der Waals surface area contributed by atoms with Crippen LogP contribution >= 0.6 is 28.7 Å². The summed E-state index contributed by atoms with van der Waals surface area (Å²) in [6, 6.07) is 0. The monoisotopic (exact) mass is 202 g/mol. The Kier molecular flexibility index (Phi) is 3.64. The summed E-state index contributed by atoms with van der Waals surface area (Å²) >= 11 is 11.0. The summed E-state index contributed by atoms with van der Waals surface area (Å²) in [5, 5.41) is 0. The summed E-state index contributed by atoms with van der Waals surface area (Å²) in [5.41, 5.74) is 0.306. The second-order valence-electron chi connectivity index (χ2n) is 1.98. The summed E-state index contributed by atoms with van der Waals surface area (Å²) in [4.78, 5) is 10.7. The molecule has 0 N–H and O–H groups in total. The first-order valence-electron chi connectivity index (χ1n) is 2.59. The van der Waals surface area contributed by atoms with E-state index in [0.717, 1.165) is 0 Å². The van der Waals surface area contributed by atoms with E-state index in [1.165, 1.54) is 13.6 Å². The molecule has 0 aliphatic heterocycles. The summed E-state index contributed by atoms with van der Waals surface area (Å²) in [6.45, 7) is 6.40. The van der Waals surface area contributed by atoms with Crippen molar-refractivity contribution >= 4 is 34.6 Å². The SMILES string of the molecule is C=C(C)C(=O)O[PH](C)(Cl)Cl. The van der Waals surface area contributed by atoms with Crippen molar-refractivity contribution in [3.8, 4) is 0 Å². The summed E-state index contributed by atoms with van der Waals surface area (Å²) in [5.74, 6) is -0.529. The van der Waals surface area contributed by atoms with Gasteiger partial charge in [0.25, 0.3) is 0 Å². The predicted molar refractivity (Wildman–Crippen MR) is 46.9 cm³/mol. The second-order valence-corrected chi connectivity index (χ2v) is 8.71. The first-order chi connectivity index (χ1) is 4.33. The van der Waals surface area contributed by atoms with Gasteiger partial charge in [-0.1, -0.05) is 0 Å². The van der Waals surface area contributed by atoms with Crippen LogP contribution < -0.4 is 0 Å². The third-order valence-electron chi connectivity index (χ3n) is 0.620. The predicted octanol–water partition coefficient (Wildman–Crippen LogP) is 2.71. The van der Waals surface area contributed by atoms with E-state index in [4.69, 9.17) is 22.5 Å². The number of hydrogen-bond donors (Lipinski definition) is 0. The van der Waals surface area contributed by atoms with Gasteiger partial charge in [0.1, 0.15) is 0 Å². The van der Waals surface area contributed by atoms with Gasteiger partial charge < -0.3 is 0 Å². The molecule has 0 aromatic rings. The van der Waals surface area contributed by atoms with Gasteiger partial charge in [0.15, 0.2) is 0 Å². The first-order valence-corrected chi connectivity index (χ1v) is 7.03. The van der Waals surface area contributed by atoms with Gasteiger partial charge in [0.05, 0.1) is 0 Å². The van der Waals surface area contributed by atoms with Crippen LogP contribution in [0.4, 0.5) is 0 Å². The normalized spacial score (nSPS) is 12.4. The fourth-order valence-corrected chi connectivity index (χ4v) is 1.17. The van der Waals surface area contributed by atoms with Gasteiger partial charge in [0.2, 0.25) is 0 Å². The minimum absolute atomic E-state index is 0.306. The zero-order valence-electron chi connectivity index (χ0n) is 5.78.